The van der Waals surface area contributed by atoms with Crippen molar-refractivity contribution in [3.63, 3.8) is 0 Å². The van der Waals surface area contributed by atoms with E-state index in [0.717, 1.165) is 22.9 Å². The number of benzene rings is 1. The van der Waals surface area contributed by atoms with Crippen molar-refractivity contribution in [3.05, 3.63) is 42.1 Å². The first-order valence-electron chi connectivity index (χ1n) is 8.29. The van der Waals surface area contributed by atoms with E-state index in [1.54, 1.807) is 12.1 Å². The van der Waals surface area contributed by atoms with Gasteiger partial charge in [0, 0.05) is 17.5 Å². The molecule has 1 saturated heterocycles. The van der Waals surface area contributed by atoms with Crippen LogP contribution in [-0.4, -0.2) is 34.3 Å². The number of hydrogen-bond donors (Lipinski definition) is 2. The molecule has 0 bridgehead atoms. The average Bonchev–Trinajstić information content (AvgIpc) is 3.10. The molecular weight excluding hydrogens is 337 g/mol. The van der Waals surface area contributed by atoms with Gasteiger partial charge in [0.1, 0.15) is 23.9 Å². The number of aryl methyl sites for hydroxylation is 1. The van der Waals surface area contributed by atoms with Crippen molar-refractivity contribution in [3.8, 4) is 5.88 Å². The summed E-state index contributed by atoms with van der Waals surface area (Å²) in [7, 11) is 0. The van der Waals surface area contributed by atoms with Gasteiger partial charge in [-0.15, -0.1) is 0 Å². The molecule has 3 heterocycles. The fraction of sp³-hybridized carbons (Fsp3) is 0.278. The molecule has 1 fully saturated rings. The summed E-state index contributed by atoms with van der Waals surface area (Å²) < 4.78 is 24.8. The molecule has 0 radical (unpaired) electrons. The third-order valence-electron chi connectivity index (χ3n) is 4.20. The Morgan fingerprint density at radius 1 is 1.31 bits per heavy atom. The molecule has 3 aromatic rings. The number of ether oxygens (including phenoxy) is 2. The first-order chi connectivity index (χ1) is 12.6. The minimum Gasteiger partial charge on any atom is -0.470 e. The molecule has 0 amide bonds. The highest BCUT2D eigenvalue weighted by atomic mass is 19.1. The lowest BCUT2D eigenvalue weighted by Crippen LogP contribution is -2.17. The number of hydrogen-bond acceptors (Lipinski definition) is 7. The summed E-state index contributed by atoms with van der Waals surface area (Å²) in [6, 6.07) is 6.49. The van der Waals surface area contributed by atoms with E-state index in [-0.39, 0.29) is 12.0 Å². The summed E-state index contributed by atoms with van der Waals surface area (Å²) in [5, 5.41) is 4.02. The molecule has 3 N–H and O–H groups in total. The van der Waals surface area contributed by atoms with Gasteiger partial charge in [-0.05, 0) is 36.8 Å². The van der Waals surface area contributed by atoms with Crippen LogP contribution < -0.4 is 15.8 Å². The molecular formula is C18H18FN5O2. The molecule has 7 nitrogen and oxygen atoms in total. The number of nitrogens with two attached hydrogens (primary N) is 1. The van der Waals surface area contributed by atoms with Gasteiger partial charge in [0.15, 0.2) is 0 Å². The molecule has 0 spiro atoms. The van der Waals surface area contributed by atoms with Crippen molar-refractivity contribution in [1.82, 2.24) is 15.0 Å². The first kappa shape index (κ1) is 16.5. The Balaban J connectivity index is 1.72. The zero-order valence-electron chi connectivity index (χ0n) is 14.2. The Morgan fingerprint density at radius 2 is 2.19 bits per heavy atom. The minimum atomic E-state index is -0.610. The van der Waals surface area contributed by atoms with Gasteiger partial charge in [0.05, 0.1) is 18.7 Å². The zero-order valence-corrected chi connectivity index (χ0v) is 14.2. The number of anilines is 3. The normalized spacial score (nSPS) is 16.8. The van der Waals surface area contributed by atoms with E-state index < -0.39 is 5.95 Å². The lowest BCUT2D eigenvalue weighted by molar-refractivity contribution is 0.138. The molecule has 8 heteroatoms. The molecule has 0 aliphatic carbocycles. The maximum Gasteiger partial charge on any atom is 0.240 e. The highest BCUT2D eigenvalue weighted by Crippen LogP contribution is 2.32. The van der Waals surface area contributed by atoms with Crippen molar-refractivity contribution < 1.29 is 13.9 Å². The maximum absolute atomic E-state index is 13.6. The molecule has 26 heavy (non-hydrogen) atoms. The Hall–Kier alpha value is -3.00. The third-order valence-corrected chi connectivity index (χ3v) is 4.20. The number of fused-ring (bicyclic) bond motifs is 1. The van der Waals surface area contributed by atoms with Crippen LogP contribution >= 0.6 is 0 Å². The molecule has 0 saturated carbocycles. The molecule has 1 aromatic carbocycles. The van der Waals surface area contributed by atoms with Crippen LogP contribution in [0.15, 0.2) is 30.6 Å². The van der Waals surface area contributed by atoms with Gasteiger partial charge in [0.25, 0.3) is 0 Å². The van der Waals surface area contributed by atoms with Crippen molar-refractivity contribution in [2.45, 2.75) is 19.4 Å². The molecule has 134 valence electrons. The molecule has 1 atom stereocenters. The highest BCUT2D eigenvalue weighted by Gasteiger charge is 2.20. The minimum absolute atomic E-state index is 0.145. The second-order valence-electron chi connectivity index (χ2n) is 6.17. The summed E-state index contributed by atoms with van der Waals surface area (Å²) in [6.45, 7) is 3.02. The van der Waals surface area contributed by atoms with E-state index in [2.05, 4.69) is 20.3 Å². The SMILES string of the molecule is Cc1cc(N)cc2ncnc(Nc3ccc(F)nc3OC3CCOC3)c12. The van der Waals surface area contributed by atoms with Gasteiger partial charge in [-0.3, -0.25) is 0 Å². The van der Waals surface area contributed by atoms with Crippen LogP contribution in [0.1, 0.15) is 12.0 Å². The fourth-order valence-corrected chi connectivity index (χ4v) is 3.01. The summed E-state index contributed by atoms with van der Waals surface area (Å²) in [5.41, 5.74) is 8.71. The Bertz CT molecular complexity index is 960. The predicted molar refractivity (Wildman–Crippen MR) is 96.0 cm³/mol. The number of aromatic nitrogens is 3. The highest BCUT2D eigenvalue weighted by molar-refractivity contribution is 5.95. The smallest absolute Gasteiger partial charge is 0.240 e. The second-order valence-corrected chi connectivity index (χ2v) is 6.17. The molecule has 1 unspecified atom stereocenters. The van der Waals surface area contributed by atoms with Gasteiger partial charge >= 0.3 is 0 Å². The Labute approximate surface area is 149 Å². The van der Waals surface area contributed by atoms with Gasteiger partial charge in [-0.2, -0.15) is 9.37 Å². The van der Waals surface area contributed by atoms with Crippen LogP contribution in [0.25, 0.3) is 10.9 Å². The van der Waals surface area contributed by atoms with Crippen molar-refractivity contribution >= 4 is 28.1 Å². The van der Waals surface area contributed by atoms with Crippen molar-refractivity contribution in [1.29, 1.82) is 0 Å². The lowest BCUT2D eigenvalue weighted by atomic mass is 10.1. The van der Waals surface area contributed by atoms with E-state index >= 15 is 0 Å². The van der Waals surface area contributed by atoms with Crippen LogP contribution in [0.5, 0.6) is 5.88 Å². The third kappa shape index (κ3) is 3.23. The van der Waals surface area contributed by atoms with Gasteiger partial charge in [-0.1, -0.05) is 0 Å². The first-order valence-corrected chi connectivity index (χ1v) is 8.29. The Morgan fingerprint density at radius 3 is 3.00 bits per heavy atom. The van der Waals surface area contributed by atoms with Crippen LogP contribution in [0.2, 0.25) is 0 Å². The van der Waals surface area contributed by atoms with Crippen molar-refractivity contribution in [2.75, 3.05) is 24.3 Å². The van der Waals surface area contributed by atoms with E-state index in [9.17, 15) is 4.39 Å². The summed E-state index contributed by atoms with van der Waals surface area (Å²) in [6.07, 6.45) is 2.05. The quantitative estimate of drug-likeness (QED) is 0.549. The zero-order chi connectivity index (χ0) is 18.1. The van der Waals surface area contributed by atoms with Gasteiger partial charge in [-0.25, -0.2) is 9.97 Å². The van der Waals surface area contributed by atoms with Crippen LogP contribution in [0.3, 0.4) is 0 Å². The topological polar surface area (TPSA) is 95.2 Å². The van der Waals surface area contributed by atoms with Crippen molar-refractivity contribution in [2.24, 2.45) is 0 Å². The number of halogens is 1. The van der Waals surface area contributed by atoms with Crippen LogP contribution in [0, 0.1) is 12.9 Å². The van der Waals surface area contributed by atoms with Gasteiger partial charge < -0.3 is 20.5 Å². The predicted octanol–water partition coefficient (Wildman–Crippen LogP) is 2.97. The Kier molecular flexibility index (Phi) is 4.26. The van der Waals surface area contributed by atoms with Crippen LogP contribution in [-0.2, 0) is 4.74 Å². The largest absolute Gasteiger partial charge is 0.470 e. The number of nitrogens with zero attached hydrogens (tertiary/aromatic N) is 3. The average molecular weight is 355 g/mol. The molecule has 1 aliphatic heterocycles. The van der Waals surface area contributed by atoms with Crippen LogP contribution in [0.4, 0.5) is 21.6 Å². The standard InChI is InChI=1S/C18H18FN5O2/c1-10-6-11(20)7-14-16(10)17(22-9-21-14)23-13-2-3-15(19)24-18(13)26-12-4-5-25-8-12/h2-3,6-7,9,12H,4-5,8,20H2,1H3,(H,21,22,23). The fourth-order valence-electron chi connectivity index (χ4n) is 3.01. The van der Waals surface area contributed by atoms with E-state index in [4.69, 9.17) is 15.2 Å². The maximum atomic E-state index is 13.6. The summed E-state index contributed by atoms with van der Waals surface area (Å²) in [4.78, 5) is 12.5. The molecule has 1 aliphatic rings. The van der Waals surface area contributed by atoms with E-state index in [1.807, 2.05) is 13.0 Å². The van der Waals surface area contributed by atoms with E-state index in [1.165, 1.54) is 12.4 Å². The molecule has 2 aromatic heterocycles. The summed E-state index contributed by atoms with van der Waals surface area (Å²) in [5.74, 6) is 0.148. The number of nitrogens with one attached hydrogen (secondary N) is 1. The monoisotopic (exact) mass is 355 g/mol. The number of pyridine rings is 1. The molecule has 4 rings (SSSR count). The van der Waals surface area contributed by atoms with Gasteiger partial charge in [0.2, 0.25) is 11.8 Å². The number of rotatable bonds is 4. The lowest BCUT2D eigenvalue weighted by Gasteiger charge is -2.16. The second kappa shape index (κ2) is 6.72. The van der Waals surface area contributed by atoms with E-state index in [0.29, 0.717) is 30.4 Å². The number of nitrogen functional groups attached to an aromatic ring is 1. The summed E-state index contributed by atoms with van der Waals surface area (Å²) >= 11 is 0.